The van der Waals surface area contributed by atoms with Gasteiger partial charge < -0.3 is 19.3 Å². The molecule has 8 nitrogen and oxygen atoms in total. The molecule has 2 aromatic carbocycles. The van der Waals surface area contributed by atoms with E-state index in [2.05, 4.69) is 42.4 Å². The number of carboxylic acid groups (broad SMARTS) is 1. The quantitative estimate of drug-likeness (QED) is 0.392. The molecule has 0 saturated carbocycles. The van der Waals surface area contributed by atoms with E-state index in [0.29, 0.717) is 21.5 Å². The highest BCUT2D eigenvalue weighted by molar-refractivity contribution is 9.11. The number of hydrazone groups is 1. The molecule has 2 aromatic rings. The molecule has 148 valence electrons. The number of ether oxygens (including phenoxy) is 3. The van der Waals surface area contributed by atoms with E-state index < -0.39 is 18.5 Å². The van der Waals surface area contributed by atoms with Crippen molar-refractivity contribution >= 4 is 50.0 Å². The van der Waals surface area contributed by atoms with Crippen molar-refractivity contribution in [3.63, 3.8) is 0 Å². The molecule has 2 rings (SSSR count). The Labute approximate surface area is 177 Å². The molecule has 0 atom stereocenters. The number of rotatable bonds is 9. The zero-order chi connectivity index (χ0) is 20.5. The Morgan fingerprint density at radius 1 is 1.11 bits per heavy atom. The van der Waals surface area contributed by atoms with Gasteiger partial charge in [0.2, 0.25) is 0 Å². The summed E-state index contributed by atoms with van der Waals surface area (Å²) in [5.74, 6) is -0.0865. The van der Waals surface area contributed by atoms with E-state index in [1.807, 2.05) is 0 Å². The van der Waals surface area contributed by atoms with Gasteiger partial charge in [-0.05, 0) is 52.3 Å². The molecule has 0 bridgehead atoms. The Morgan fingerprint density at radius 2 is 1.79 bits per heavy atom. The van der Waals surface area contributed by atoms with Gasteiger partial charge in [-0.1, -0.05) is 15.9 Å². The molecule has 0 saturated heterocycles. The molecule has 0 heterocycles. The summed E-state index contributed by atoms with van der Waals surface area (Å²) >= 11 is 6.63. The number of amides is 1. The summed E-state index contributed by atoms with van der Waals surface area (Å²) in [5, 5.41) is 12.6. The molecule has 0 fully saturated rings. The van der Waals surface area contributed by atoms with Crippen molar-refractivity contribution < 1.29 is 28.9 Å². The van der Waals surface area contributed by atoms with Crippen LogP contribution in [0.15, 0.2) is 50.4 Å². The molecule has 1 amide bonds. The van der Waals surface area contributed by atoms with Gasteiger partial charge in [-0.15, -0.1) is 0 Å². The number of carbonyl (C=O) groups is 2. The zero-order valence-electron chi connectivity index (χ0n) is 14.6. The maximum atomic E-state index is 11.9. The van der Waals surface area contributed by atoms with Crippen LogP contribution in [0.2, 0.25) is 0 Å². The second-order valence-electron chi connectivity index (χ2n) is 5.25. The predicted molar refractivity (Wildman–Crippen MR) is 109 cm³/mol. The lowest BCUT2D eigenvalue weighted by molar-refractivity contribution is -0.139. The number of nitrogens with zero attached hydrogens (tertiary/aromatic N) is 1. The molecule has 28 heavy (non-hydrogen) atoms. The van der Waals surface area contributed by atoms with Gasteiger partial charge in [-0.25, -0.2) is 10.2 Å². The van der Waals surface area contributed by atoms with Gasteiger partial charge in [0.1, 0.15) is 17.2 Å². The van der Waals surface area contributed by atoms with E-state index >= 15 is 0 Å². The average molecular weight is 516 g/mol. The molecule has 0 unspecified atom stereocenters. The second-order valence-corrected chi connectivity index (χ2v) is 7.02. The minimum Gasteiger partial charge on any atom is -0.497 e. The zero-order valence-corrected chi connectivity index (χ0v) is 17.8. The monoisotopic (exact) mass is 514 g/mol. The highest BCUT2D eigenvalue weighted by atomic mass is 79.9. The van der Waals surface area contributed by atoms with Crippen LogP contribution in [-0.2, 0) is 9.59 Å². The molecule has 0 aliphatic rings. The van der Waals surface area contributed by atoms with Crippen molar-refractivity contribution in [2.75, 3.05) is 20.3 Å². The second kappa shape index (κ2) is 10.7. The third-order valence-corrected chi connectivity index (χ3v) is 4.25. The lowest BCUT2D eigenvalue weighted by Crippen LogP contribution is -2.24. The third-order valence-electron chi connectivity index (χ3n) is 3.20. The fourth-order valence-electron chi connectivity index (χ4n) is 1.99. The van der Waals surface area contributed by atoms with Gasteiger partial charge in [0.05, 0.1) is 17.8 Å². The Balaban J connectivity index is 1.95. The van der Waals surface area contributed by atoms with E-state index in [9.17, 15) is 9.59 Å². The smallest absolute Gasteiger partial charge is 0.341 e. The van der Waals surface area contributed by atoms with Crippen LogP contribution in [-0.4, -0.2) is 43.5 Å². The van der Waals surface area contributed by atoms with Crippen molar-refractivity contribution in [1.82, 2.24) is 5.43 Å². The Morgan fingerprint density at radius 3 is 2.43 bits per heavy atom. The number of carbonyl (C=O) groups excluding carboxylic acids is 1. The number of hydrogen-bond acceptors (Lipinski definition) is 6. The van der Waals surface area contributed by atoms with Crippen LogP contribution in [0.25, 0.3) is 0 Å². The number of hydrogen-bond donors (Lipinski definition) is 2. The molecule has 0 aliphatic heterocycles. The molecular formula is C18H16Br2N2O6. The lowest BCUT2D eigenvalue weighted by atomic mass is 10.2. The summed E-state index contributed by atoms with van der Waals surface area (Å²) in [4.78, 5) is 22.6. The number of methoxy groups -OCH3 is 1. The van der Waals surface area contributed by atoms with Gasteiger partial charge in [0, 0.05) is 10.0 Å². The van der Waals surface area contributed by atoms with E-state index in [4.69, 9.17) is 19.3 Å². The number of aliphatic carboxylic acids is 1. The van der Waals surface area contributed by atoms with Crippen LogP contribution < -0.4 is 19.6 Å². The van der Waals surface area contributed by atoms with Crippen molar-refractivity contribution in [1.29, 1.82) is 0 Å². The molecule has 0 spiro atoms. The number of benzene rings is 2. The first-order chi connectivity index (χ1) is 13.4. The first-order valence-electron chi connectivity index (χ1n) is 7.81. The highest BCUT2D eigenvalue weighted by Crippen LogP contribution is 2.32. The minimum atomic E-state index is -1.11. The largest absolute Gasteiger partial charge is 0.497 e. The molecule has 0 radical (unpaired) electrons. The Hall–Kier alpha value is -2.59. The van der Waals surface area contributed by atoms with E-state index in [-0.39, 0.29) is 12.4 Å². The van der Waals surface area contributed by atoms with Crippen LogP contribution in [0.1, 0.15) is 5.56 Å². The van der Waals surface area contributed by atoms with Crippen molar-refractivity contribution in [2.24, 2.45) is 5.10 Å². The normalized spacial score (nSPS) is 10.5. The predicted octanol–water partition coefficient (Wildman–Crippen LogP) is 3.21. The van der Waals surface area contributed by atoms with Crippen molar-refractivity contribution in [2.45, 2.75) is 0 Å². The molecule has 10 heteroatoms. The number of halogens is 2. The Kier molecular flexibility index (Phi) is 8.27. The first kappa shape index (κ1) is 21.7. The average Bonchev–Trinajstić information content (AvgIpc) is 2.65. The van der Waals surface area contributed by atoms with Crippen LogP contribution in [0, 0.1) is 0 Å². The van der Waals surface area contributed by atoms with Gasteiger partial charge in [0.25, 0.3) is 5.91 Å². The van der Waals surface area contributed by atoms with Gasteiger partial charge in [0.15, 0.2) is 13.2 Å². The van der Waals surface area contributed by atoms with Gasteiger partial charge in [-0.3, -0.25) is 4.79 Å². The fraction of sp³-hybridized carbons (Fsp3) is 0.167. The summed E-state index contributed by atoms with van der Waals surface area (Å²) in [6.45, 7) is -0.739. The number of nitrogens with one attached hydrogen (secondary N) is 1. The standard InChI is InChI=1S/C18H16Br2N2O6/c1-26-13-2-4-14(5-3-13)27-9-16(23)22-21-8-11-6-12(19)7-15(20)18(11)28-10-17(24)25/h2-8H,9-10H2,1H3,(H,22,23)(H,24,25)/b21-8-. The topological polar surface area (TPSA) is 106 Å². The van der Waals surface area contributed by atoms with Crippen LogP contribution in [0.3, 0.4) is 0 Å². The van der Waals surface area contributed by atoms with E-state index in [1.54, 1.807) is 43.5 Å². The maximum absolute atomic E-state index is 11.9. The summed E-state index contributed by atoms with van der Waals surface area (Å²) in [6, 6.07) is 10.2. The van der Waals surface area contributed by atoms with Gasteiger partial charge in [-0.2, -0.15) is 5.10 Å². The molecular weight excluding hydrogens is 500 g/mol. The summed E-state index contributed by atoms with van der Waals surface area (Å²) in [7, 11) is 1.56. The van der Waals surface area contributed by atoms with Crippen molar-refractivity contribution in [3.8, 4) is 17.2 Å². The number of carboxylic acids is 1. The van der Waals surface area contributed by atoms with E-state index in [1.165, 1.54) is 6.21 Å². The van der Waals surface area contributed by atoms with Crippen molar-refractivity contribution in [3.05, 3.63) is 50.9 Å². The molecule has 2 N–H and O–H groups in total. The van der Waals surface area contributed by atoms with Crippen LogP contribution >= 0.6 is 31.9 Å². The summed E-state index contributed by atoms with van der Waals surface area (Å²) < 4.78 is 16.9. The third kappa shape index (κ3) is 6.86. The van der Waals surface area contributed by atoms with Crippen LogP contribution in [0.4, 0.5) is 0 Å². The SMILES string of the molecule is COc1ccc(OCC(=O)N/N=C\c2cc(Br)cc(Br)c2OCC(=O)O)cc1. The minimum absolute atomic E-state index is 0.228. The summed E-state index contributed by atoms with van der Waals surface area (Å²) in [6.07, 6.45) is 1.35. The molecule has 0 aliphatic carbocycles. The Bertz CT molecular complexity index is 871. The molecule has 0 aromatic heterocycles. The van der Waals surface area contributed by atoms with Crippen LogP contribution in [0.5, 0.6) is 17.2 Å². The fourth-order valence-corrected chi connectivity index (χ4v) is 3.36. The summed E-state index contributed by atoms with van der Waals surface area (Å²) in [5.41, 5.74) is 2.80. The van der Waals surface area contributed by atoms with E-state index in [0.717, 1.165) is 4.47 Å². The van der Waals surface area contributed by atoms with Gasteiger partial charge >= 0.3 is 5.97 Å². The maximum Gasteiger partial charge on any atom is 0.341 e. The first-order valence-corrected chi connectivity index (χ1v) is 9.40. The lowest BCUT2D eigenvalue weighted by Gasteiger charge is -2.10. The highest BCUT2D eigenvalue weighted by Gasteiger charge is 2.11.